The first-order valence-corrected chi connectivity index (χ1v) is 9.17. The van der Waals surface area contributed by atoms with E-state index < -0.39 is 11.9 Å². The highest BCUT2D eigenvalue weighted by Gasteiger charge is 2.19. The third kappa shape index (κ3) is 6.59. The number of benzene rings is 1. The number of methoxy groups -OCH3 is 3. The van der Waals surface area contributed by atoms with Gasteiger partial charge in [-0.05, 0) is 25.0 Å². The van der Waals surface area contributed by atoms with Gasteiger partial charge in [0.15, 0.2) is 16.6 Å². The molecular formula is C18H23NO7S. The number of carboxylic acids is 1. The number of carbonyl (C=O) groups is 3. The maximum atomic E-state index is 12.4. The number of amides is 1. The maximum absolute atomic E-state index is 12.4. The normalized spacial score (nSPS) is 11.0. The average Bonchev–Trinajstić information content (AvgIpc) is 2.68. The Kier molecular flexibility index (Phi) is 9.35. The second kappa shape index (κ2) is 11.2. The maximum Gasteiger partial charge on any atom is 0.350 e. The number of carbonyl (C=O) groups excluding carboxylic acids is 2. The fourth-order valence-corrected chi connectivity index (χ4v) is 2.85. The molecule has 0 spiro atoms. The Morgan fingerprint density at radius 1 is 1.07 bits per heavy atom. The van der Waals surface area contributed by atoms with Crippen LogP contribution in [0.2, 0.25) is 0 Å². The molecule has 148 valence electrons. The number of ether oxygens (including phenoxy) is 3. The van der Waals surface area contributed by atoms with Gasteiger partial charge in [-0.25, -0.2) is 9.79 Å². The molecule has 0 aromatic heterocycles. The predicted octanol–water partition coefficient (Wildman–Crippen LogP) is 2.83. The summed E-state index contributed by atoms with van der Waals surface area (Å²) in [6.45, 7) is 1.76. The number of nitrogens with zero attached hydrogens (tertiary/aromatic N) is 1. The quantitative estimate of drug-likeness (QED) is 0.474. The van der Waals surface area contributed by atoms with Gasteiger partial charge >= 0.3 is 5.97 Å². The van der Waals surface area contributed by atoms with E-state index in [0.29, 0.717) is 24.3 Å². The van der Waals surface area contributed by atoms with Crippen LogP contribution < -0.4 is 14.2 Å². The summed E-state index contributed by atoms with van der Waals surface area (Å²) in [6.07, 6.45) is 0.920. The molecule has 0 unspecified atom stereocenters. The first-order valence-electron chi connectivity index (χ1n) is 8.18. The summed E-state index contributed by atoms with van der Waals surface area (Å²) in [6, 6.07) is 2.81. The summed E-state index contributed by atoms with van der Waals surface area (Å²) in [7, 11) is 4.25. The van der Waals surface area contributed by atoms with Crippen molar-refractivity contribution < 1.29 is 33.7 Å². The van der Waals surface area contributed by atoms with Crippen LogP contribution in [-0.2, 0) is 9.59 Å². The highest BCUT2D eigenvalue weighted by molar-refractivity contribution is 8.13. The third-order valence-electron chi connectivity index (χ3n) is 3.50. The van der Waals surface area contributed by atoms with E-state index in [9.17, 15) is 19.5 Å². The lowest BCUT2D eigenvalue weighted by molar-refractivity contribution is -0.129. The highest BCUT2D eigenvalue weighted by Crippen LogP contribution is 2.38. The van der Waals surface area contributed by atoms with Gasteiger partial charge in [0.1, 0.15) is 5.71 Å². The highest BCUT2D eigenvalue weighted by atomic mass is 32.2. The van der Waals surface area contributed by atoms with Crippen LogP contribution in [0.1, 0.15) is 36.5 Å². The Bertz CT molecular complexity index is 705. The van der Waals surface area contributed by atoms with Crippen molar-refractivity contribution in [2.75, 3.05) is 27.1 Å². The fourth-order valence-electron chi connectivity index (χ4n) is 2.13. The molecule has 0 aliphatic heterocycles. The van der Waals surface area contributed by atoms with Gasteiger partial charge in [-0.2, -0.15) is 0 Å². The molecule has 0 fully saturated rings. The molecule has 0 saturated carbocycles. The van der Waals surface area contributed by atoms with E-state index in [1.54, 1.807) is 6.92 Å². The standard InChI is InChI=1S/C18H23NO7S/c1-5-15(20)27-8-6-7-12(18(22)23)19-17(21)11-9-13(24-2)16(26-4)14(10-11)25-3/h9-10H,5-8H2,1-4H3,(H,22,23)/b19-12-. The molecular weight excluding hydrogens is 374 g/mol. The topological polar surface area (TPSA) is 111 Å². The number of rotatable bonds is 10. The summed E-state index contributed by atoms with van der Waals surface area (Å²) in [4.78, 5) is 38.8. The van der Waals surface area contributed by atoms with E-state index in [2.05, 4.69) is 4.99 Å². The Balaban J connectivity index is 3.00. The molecule has 0 bridgehead atoms. The average molecular weight is 397 g/mol. The fraction of sp³-hybridized carbons (Fsp3) is 0.444. The van der Waals surface area contributed by atoms with Crippen molar-refractivity contribution in [1.82, 2.24) is 0 Å². The Morgan fingerprint density at radius 3 is 2.11 bits per heavy atom. The molecule has 0 atom stereocenters. The lowest BCUT2D eigenvalue weighted by Gasteiger charge is -2.13. The number of thioether (sulfide) groups is 1. The minimum atomic E-state index is -1.28. The Labute approximate surface area is 161 Å². The predicted molar refractivity (Wildman–Crippen MR) is 102 cm³/mol. The first-order chi connectivity index (χ1) is 12.9. The van der Waals surface area contributed by atoms with E-state index >= 15 is 0 Å². The lowest BCUT2D eigenvalue weighted by Crippen LogP contribution is -2.16. The molecule has 9 heteroatoms. The molecule has 0 aliphatic rings. The van der Waals surface area contributed by atoms with Gasteiger partial charge in [0, 0.05) is 17.7 Å². The zero-order valence-corrected chi connectivity index (χ0v) is 16.6. The zero-order chi connectivity index (χ0) is 20.4. The number of hydrogen-bond donors (Lipinski definition) is 1. The summed E-state index contributed by atoms with van der Waals surface area (Å²) in [5.41, 5.74) is -0.155. The summed E-state index contributed by atoms with van der Waals surface area (Å²) >= 11 is 1.14. The van der Waals surface area contributed by atoms with E-state index in [0.717, 1.165) is 11.8 Å². The van der Waals surface area contributed by atoms with Crippen molar-refractivity contribution in [3.8, 4) is 17.2 Å². The largest absolute Gasteiger partial charge is 0.493 e. The lowest BCUT2D eigenvalue weighted by atomic mass is 10.1. The van der Waals surface area contributed by atoms with Gasteiger partial charge in [-0.15, -0.1) is 0 Å². The molecule has 0 aliphatic carbocycles. The van der Waals surface area contributed by atoms with Crippen molar-refractivity contribution in [3.63, 3.8) is 0 Å². The smallest absolute Gasteiger partial charge is 0.350 e. The number of aliphatic imine (C=N–C) groups is 1. The molecule has 0 heterocycles. The molecule has 27 heavy (non-hydrogen) atoms. The summed E-state index contributed by atoms with van der Waals surface area (Å²) in [5, 5.41) is 9.32. The minimum Gasteiger partial charge on any atom is -0.493 e. The van der Waals surface area contributed by atoms with Gasteiger partial charge in [-0.3, -0.25) is 9.59 Å². The molecule has 1 N–H and O–H groups in total. The van der Waals surface area contributed by atoms with Gasteiger partial charge in [0.2, 0.25) is 5.75 Å². The first kappa shape index (κ1) is 22.5. The number of carboxylic acid groups (broad SMARTS) is 1. The molecule has 1 amide bonds. The molecule has 0 radical (unpaired) electrons. The van der Waals surface area contributed by atoms with Gasteiger partial charge < -0.3 is 19.3 Å². The summed E-state index contributed by atoms with van der Waals surface area (Å²) < 4.78 is 15.5. The van der Waals surface area contributed by atoms with Crippen molar-refractivity contribution in [3.05, 3.63) is 17.7 Å². The van der Waals surface area contributed by atoms with Crippen LogP contribution in [0.3, 0.4) is 0 Å². The van der Waals surface area contributed by atoms with E-state index in [4.69, 9.17) is 14.2 Å². The van der Waals surface area contributed by atoms with Gasteiger partial charge in [0.05, 0.1) is 21.3 Å². The monoisotopic (exact) mass is 397 g/mol. The Hall–Kier alpha value is -2.55. The molecule has 8 nitrogen and oxygen atoms in total. The van der Waals surface area contributed by atoms with Crippen molar-refractivity contribution in [2.24, 2.45) is 4.99 Å². The van der Waals surface area contributed by atoms with Crippen LogP contribution in [-0.4, -0.2) is 54.9 Å². The number of aliphatic carboxylic acids is 1. The molecule has 1 aromatic rings. The minimum absolute atomic E-state index is 0.0392. The third-order valence-corrected chi connectivity index (χ3v) is 4.61. The van der Waals surface area contributed by atoms with Crippen LogP contribution in [0.15, 0.2) is 17.1 Å². The van der Waals surface area contributed by atoms with Crippen LogP contribution in [0.4, 0.5) is 0 Å². The van der Waals surface area contributed by atoms with Crippen molar-refractivity contribution in [2.45, 2.75) is 26.2 Å². The van der Waals surface area contributed by atoms with Crippen LogP contribution >= 0.6 is 11.8 Å². The van der Waals surface area contributed by atoms with Gasteiger partial charge in [0.25, 0.3) is 5.91 Å². The van der Waals surface area contributed by atoms with Crippen molar-refractivity contribution >= 4 is 34.5 Å². The van der Waals surface area contributed by atoms with Crippen LogP contribution in [0.25, 0.3) is 0 Å². The summed E-state index contributed by atoms with van der Waals surface area (Å²) in [5.74, 6) is -0.691. The van der Waals surface area contributed by atoms with Crippen LogP contribution in [0.5, 0.6) is 17.2 Å². The van der Waals surface area contributed by atoms with Gasteiger partial charge in [-0.1, -0.05) is 18.7 Å². The van der Waals surface area contributed by atoms with E-state index in [-0.39, 0.29) is 34.3 Å². The SMILES string of the molecule is CCC(=O)SCCC/C(=N/C(=O)c1cc(OC)c(OC)c(OC)c1)C(=O)O. The van der Waals surface area contributed by atoms with E-state index in [1.807, 2.05) is 0 Å². The molecule has 1 aromatic carbocycles. The molecule has 0 saturated heterocycles. The molecule has 1 rings (SSSR count). The zero-order valence-electron chi connectivity index (χ0n) is 15.7. The second-order valence-corrected chi connectivity index (χ2v) is 6.41. The second-order valence-electron chi connectivity index (χ2n) is 5.26. The van der Waals surface area contributed by atoms with E-state index in [1.165, 1.54) is 33.5 Å². The Morgan fingerprint density at radius 2 is 1.67 bits per heavy atom. The van der Waals surface area contributed by atoms with Crippen molar-refractivity contribution in [1.29, 1.82) is 0 Å². The number of hydrogen-bond acceptors (Lipinski definition) is 7. The van der Waals surface area contributed by atoms with Crippen LogP contribution in [0, 0.1) is 0 Å².